The maximum absolute atomic E-state index is 12.2. The molecule has 0 spiro atoms. The van der Waals surface area contributed by atoms with Crippen molar-refractivity contribution in [2.24, 2.45) is 0 Å². The van der Waals surface area contributed by atoms with Crippen molar-refractivity contribution < 1.29 is 19.1 Å². The number of ether oxygens (including phenoxy) is 2. The maximum atomic E-state index is 12.2. The predicted octanol–water partition coefficient (Wildman–Crippen LogP) is 3.13. The van der Waals surface area contributed by atoms with Gasteiger partial charge >= 0.3 is 0 Å². The molecule has 0 bridgehead atoms. The number of halogens is 2. The van der Waals surface area contributed by atoms with Gasteiger partial charge in [-0.3, -0.25) is 9.59 Å². The van der Waals surface area contributed by atoms with Gasteiger partial charge in [-0.05, 0) is 36.4 Å². The Kier molecular flexibility index (Phi) is 5.31. The number of rotatable bonds is 4. The van der Waals surface area contributed by atoms with Crippen molar-refractivity contribution in [3.8, 4) is 11.5 Å². The van der Waals surface area contributed by atoms with E-state index in [2.05, 4.69) is 10.6 Å². The molecule has 0 atom stereocenters. The van der Waals surface area contributed by atoms with Crippen LogP contribution in [0, 0.1) is 0 Å². The highest BCUT2D eigenvalue weighted by atomic mass is 35.5. The van der Waals surface area contributed by atoms with Crippen LogP contribution in [0.3, 0.4) is 0 Å². The Morgan fingerprint density at radius 3 is 2.56 bits per heavy atom. The molecular formula is C17H14Cl2N2O4. The molecule has 0 saturated heterocycles. The van der Waals surface area contributed by atoms with Gasteiger partial charge in [0.1, 0.15) is 13.2 Å². The van der Waals surface area contributed by atoms with Crippen LogP contribution in [-0.2, 0) is 4.79 Å². The minimum absolute atomic E-state index is 0.212. The third-order valence-corrected chi connectivity index (χ3v) is 3.98. The van der Waals surface area contributed by atoms with Gasteiger partial charge in [0.25, 0.3) is 5.91 Å². The van der Waals surface area contributed by atoms with Crippen molar-refractivity contribution in [3.63, 3.8) is 0 Å². The van der Waals surface area contributed by atoms with Gasteiger partial charge in [0.05, 0.1) is 17.3 Å². The first-order valence-corrected chi connectivity index (χ1v) is 8.21. The molecular weight excluding hydrogens is 367 g/mol. The number of carbonyl (C=O) groups excluding carboxylic acids is 2. The van der Waals surface area contributed by atoms with E-state index in [1.165, 1.54) is 6.07 Å². The predicted molar refractivity (Wildman–Crippen MR) is 94.9 cm³/mol. The number of hydrogen-bond donors (Lipinski definition) is 2. The third kappa shape index (κ3) is 4.35. The van der Waals surface area contributed by atoms with Crippen LogP contribution in [0.5, 0.6) is 11.5 Å². The summed E-state index contributed by atoms with van der Waals surface area (Å²) in [5.74, 6) is 0.282. The minimum atomic E-state index is -0.421. The summed E-state index contributed by atoms with van der Waals surface area (Å²) < 4.78 is 10.8. The highest BCUT2D eigenvalue weighted by Gasteiger charge is 2.15. The lowest BCUT2D eigenvalue weighted by atomic mass is 10.2. The zero-order valence-corrected chi connectivity index (χ0v) is 14.5. The van der Waals surface area contributed by atoms with E-state index < -0.39 is 11.8 Å². The smallest absolute Gasteiger partial charge is 0.251 e. The number of nitrogens with one attached hydrogen (secondary N) is 2. The van der Waals surface area contributed by atoms with Crippen LogP contribution in [-0.4, -0.2) is 31.6 Å². The van der Waals surface area contributed by atoms with Crippen LogP contribution in [0.25, 0.3) is 0 Å². The molecule has 2 aromatic carbocycles. The Balaban J connectivity index is 1.58. The summed E-state index contributed by atoms with van der Waals surface area (Å²) in [4.78, 5) is 24.1. The molecule has 2 N–H and O–H groups in total. The summed E-state index contributed by atoms with van der Waals surface area (Å²) in [7, 11) is 0. The van der Waals surface area contributed by atoms with E-state index in [1.54, 1.807) is 30.3 Å². The highest BCUT2D eigenvalue weighted by molar-refractivity contribution is 6.35. The van der Waals surface area contributed by atoms with Crippen LogP contribution < -0.4 is 20.1 Å². The second-order valence-corrected chi connectivity index (χ2v) is 6.06. The quantitative estimate of drug-likeness (QED) is 0.853. The number of fused-ring (bicyclic) bond motifs is 1. The SMILES string of the molecule is O=C(CNC(=O)c1ccc2c(c1)OCCO2)Nc1cc(Cl)ccc1Cl. The van der Waals surface area contributed by atoms with Crippen LogP contribution in [0.2, 0.25) is 10.0 Å². The van der Waals surface area contributed by atoms with Gasteiger partial charge in [0.15, 0.2) is 11.5 Å². The monoisotopic (exact) mass is 380 g/mol. The number of benzene rings is 2. The van der Waals surface area contributed by atoms with Crippen molar-refractivity contribution in [2.75, 3.05) is 25.1 Å². The van der Waals surface area contributed by atoms with Gasteiger partial charge in [0, 0.05) is 10.6 Å². The van der Waals surface area contributed by atoms with Crippen LogP contribution >= 0.6 is 23.2 Å². The van der Waals surface area contributed by atoms with Gasteiger partial charge in [0.2, 0.25) is 5.91 Å². The number of carbonyl (C=O) groups is 2. The van der Waals surface area contributed by atoms with E-state index >= 15 is 0 Å². The topological polar surface area (TPSA) is 76.7 Å². The van der Waals surface area contributed by atoms with Crippen molar-refractivity contribution in [1.29, 1.82) is 0 Å². The Labute approximate surface area is 154 Å². The molecule has 2 amide bonds. The molecule has 0 radical (unpaired) electrons. The van der Waals surface area contributed by atoms with Gasteiger partial charge in [-0.15, -0.1) is 0 Å². The molecule has 25 heavy (non-hydrogen) atoms. The zero-order valence-electron chi connectivity index (χ0n) is 13.0. The van der Waals surface area contributed by atoms with Gasteiger partial charge < -0.3 is 20.1 Å². The number of hydrogen-bond acceptors (Lipinski definition) is 4. The summed E-state index contributed by atoms with van der Waals surface area (Å²) in [6, 6.07) is 9.57. The molecule has 0 aliphatic carbocycles. The van der Waals surface area contributed by atoms with Crippen LogP contribution in [0.1, 0.15) is 10.4 Å². The molecule has 1 aliphatic rings. The zero-order chi connectivity index (χ0) is 17.8. The van der Waals surface area contributed by atoms with E-state index in [0.717, 1.165) is 0 Å². The molecule has 3 rings (SSSR count). The Morgan fingerprint density at radius 1 is 1.00 bits per heavy atom. The molecule has 0 fully saturated rings. The Hall–Kier alpha value is -2.44. The number of amides is 2. The maximum Gasteiger partial charge on any atom is 0.251 e. The average molecular weight is 381 g/mol. The molecule has 1 aliphatic heterocycles. The second-order valence-electron chi connectivity index (χ2n) is 5.21. The van der Waals surface area contributed by atoms with Crippen molar-refractivity contribution in [1.82, 2.24) is 5.32 Å². The van der Waals surface area contributed by atoms with E-state index in [4.69, 9.17) is 32.7 Å². The van der Waals surface area contributed by atoms with Crippen LogP contribution in [0.4, 0.5) is 5.69 Å². The summed E-state index contributed by atoms with van der Waals surface area (Å²) >= 11 is 11.8. The summed E-state index contributed by atoms with van der Waals surface area (Å²) in [6.07, 6.45) is 0. The van der Waals surface area contributed by atoms with Gasteiger partial charge in [-0.1, -0.05) is 23.2 Å². The molecule has 0 saturated carbocycles. The summed E-state index contributed by atoms with van der Waals surface area (Å²) in [5, 5.41) is 5.93. The van der Waals surface area contributed by atoms with E-state index in [0.29, 0.717) is 46.0 Å². The third-order valence-electron chi connectivity index (χ3n) is 3.42. The minimum Gasteiger partial charge on any atom is -0.486 e. The molecule has 2 aromatic rings. The van der Waals surface area contributed by atoms with Gasteiger partial charge in [-0.25, -0.2) is 0 Å². The first-order valence-electron chi connectivity index (χ1n) is 7.45. The highest BCUT2D eigenvalue weighted by Crippen LogP contribution is 2.30. The fourth-order valence-corrected chi connectivity index (χ4v) is 2.57. The fraction of sp³-hybridized carbons (Fsp3) is 0.176. The van der Waals surface area contributed by atoms with Gasteiger partial charge in [-0.2, -0.15) is 0 Å². The van der Waals surface area contributed by atoms with Crippen molar-refractivity contribution >= 4 is 40.7 Å². The normalized spacial score (nSPS) is 12.4. The Bertz CT molecular complexity index is 826. The standard InChI is InChI=1S/C17H14Cl2N2O4/c18-11-2-3-12(19)13(8-11)21-16(22)9-20-17(23)10-1-4-14-15(7-10)25-6-5-24-14/h1-4,7-8H,5-6,9H2,(H,20,23)(H,21,22). The van der Waals surface area contributed by atoms with E-state index in [9.17, 15) is 9.59 Å². The Morgan fingerprint density at radius 2 is 1.76 bits per heavy atom. The largest absolute Gasteiger partial charge is 0.486 e. The first-order chi connectivity index (χ1) is 12.0. The fourth-order valence-electron chi connectivity index (χ4n) is 2.23. The lowest BCUT2D eigenvalue weighted by Crippen LogP contribution is -2.33. The molecule has 6 nitrogen and oxygen atoms in total. The summed E-state index contributed by atoms with van der Waals surface area (Å²) in [5.41, 5.74) is 0.755. The lowest BCUT2D eigenvalue weighted by Gasteiger charge is -2.18. The van der Waals surface area contributed by atoms with Crippen molar-refractivity contribution in [2.45, 2.75) is 0 Å². The molecule has 130 valence electrons. The molecule has 1 heterocycles. The van der Waals surface area contributed by atoms with Crippen molar-refractivity contribution in [3.05, 3.63) is 52.0 Å². The molecule has 8 heteroatoms. The second kappa shape index (κ2) is 7.63. The molecule has 0 aromatic heterocycles. The summed E-state index contributed by atoms with van der Waals surface area (Å²) in [6.45, 7) is 0.696. The van der Waals surface area contributed by atoms with E-state index in [-0.39, 0.29) is 6.54 Å². The average Bonchev–Trinajstić information content (AvgIpc) is 2.62. The molecule has 0 unspecified atom stereocenters. The lowest BCUT2D eigenvalue weighted by molar-refractivity contribution is -0.115. The van der Waals surface area contributed by atoms with E-state index in [1.807, 2.05) is 0 Å². The first kappa shape index (κ1) is 17.4. The van der Waals surface area contributed by atoms with Crippen LogP contribution in [0.15, 0.2) is 36.4 Å². The number of anilines is 1.